The molecule has 0 aliphatic carbocycles. The van der Waals surface area contributed by atoms with E-state index < -0.39 is 0 Å². The fourth-order valence-corrected chi connectivity index (χ4v) is 2.56. The molecule has 3 heteroatoms. The summed E-state index contributed by atoms with van der Waals surface area (Å²) in [6.45, 7) is 4.59. The van der Waals surface area contributed by atoms with Crippen LogP contribution in [0.1, 0.15) is 65.2 Å². The number of carbonyl (C=O) groups is 1. The first-order valence-electron chi connectivity index (χ1n) is 7.18. The molecule has 2 atom stereocenters. The normalized spacial score (nSPS) is 24.6. The van der Waals surface area contributed by atoms with Crippen LogP contribution in [0.15, 0.2) is 0 Å². The van der Waals surface area contributed by atoms with Gasteiger partial charge in [-0.3, -0.25) is 4.79 Å². The lowest BCUT2D eigenvalue weighted by Gasteiger charge is -2.30. The molecule has 1 fully saturated rings. The van der Waals surface area contributed by atoms with E-state index in [4.69, 9.17) is 4.74 Å². The summed E-state index contributed by atoms with van der Waals surface area (Å²) < 4.78 is 5.00. The summed E-state index contributed by atoms with van der Waals surface area (Å²) in [6.07, 6.45) is 9.32. The van der Waals surface area contributed by atoms with Gasteiger partial charge in [-0.15, -0.1) is 0 Å². The van der Waals surface area contributed by atoms with Crippen molar-refractivity contribution in [3.8, 4) is 0 Å². The highest BCUT2D eigenvalue weighted by atomic mass is 16.5. The van der Waals surface area contributed by atoms with Crippen LogP contribution in [0.2, 0.25) is 0 Å². The van der Waals surface area contributed by atoms with E-state index in [-0.39, 0.29) is 5.97 Å². The molecule has 100 valence electrons. The molecular weight excluding hydrogens is 214 g/mol. The number of hydrogen-bond donors (Lipinski definition) is 1. The van der Waals surface area contributed by atoms with Gasteiger partial charge in [0.25, 0.3) is 0 Å². The van der Waals surface area contributed by atoms with Gasteiger partial charge in [0.15, 0.2) is 0 Å². The number of ether oxygens (including phenoxy) is 1. The Morgan fingerprint density at radius 3 is 2.71 bits per heavy atom. The molecule has 1 aliphatic heterocycles. The average Bonchev–Trinajstić information content (AvgIpc) is 2.30. The number of unbranched alkanes of at least 4 members (excludes halogenated alkanes) is 2. The predicted octanol–water partition coefficient (Wildman–Crippen LogP) is 3.03. The number of nitrogens with one attached hydrogen (secondary N) is 1. The Kier molecular flexibility index (Phi) is 7.25. The second-order valence-electron chi connectivity index (χ2n) is 5.00. The monoisotopic (exact) mass is 241 g/mol. The minimum atomic E-state index is -0.0563. The third-order valence-corrected chi connectivity index (χ3v) is 3.45. The van der Waals surface area contributed by atoms with E-state index in [9.17, 15) is 4.79 Å². The molecule has 0 spiro atoms. The highest BCUT2D eigenvalue weighted by molar-refractivity contribution is 5.70. The standard InChI is InChI=1S/C14H27NO2/c1-3-5-6-8-12-9-7-10-13(15-12)11-14(16)17-4-2/h12-13,15H,3-11H2,1-2H3/t12-,13-/m0/s1. The van der Waals surface area contributed by atoms with Crippen LogP contribution in [-0.4, -0.2) is 24.7 Å². The molecule has 0 radical (unpaired) electrons. The molecule has 0 amide bonds. The van der Waals surface area contributed by atoms with E-state index in [0.717, 1.165) is 6.42 Å². The number of carbonyl (C=O) groups excluding carboxylic acids is 1. The molecule has 3 nitrogen and oxygen atoms in total. The number of hydrogen-bond acceptors (Lipinski definition) is 3. The summed E-state index contributed by atoms with van der Waals surface area (Å²) in [6, 6.07) is 0.962. The van der Waals surface area contributed by atoms with E-state index >= 15 is 0 Å². The van der Waals surface area contributed by atoms with Crippen molar-refractivity contribution in [2.45, 2.75) is 77.3 Å². The number of rotatable bonds is 7. The topological polar surface area (TPSA) is 38.3 Å². The zero-order valence-corrected chi connectivity index (χ0v) is 11.3. The Morgan fingerprint density at radius 2 is 2.00 bits per heavy atom. The molecule has 1 N–H and O–H groups in total. The lowest BCUT2D eigenvalue weighted by Crippen LogP contribution is -2.43. The third-order valence-electron chi connectivity index (χ3n) is 3.45. The third kappa shape index (κ3) is 6.06. The van der Waals surface area contributed by atoms with Gasteiger partial charge in [-0.25, -0.2) is 0 Å². The zero-order chi connectivity index (χ0) is 12.5. The molecule has 0 aromatic carbocycles. The van der Waals surface area contributed by atoms with Crippen molar-refractivity contribution in [3.63, 3.8) is 0 Å². The van der Waals surface area contributed by atoms with Gasteiger partial charge in [0.05, 0.1) is 13.0 Å². The maximum absolute atomic E-state index is 11.4. The second-order valence-corrected chi connectivity index (χ2v) is 5.00. The van der Waals surface area contributed by atoms with Gasteiger partial charge in [-0.05, 0) is 26.2 Å². The van der Waals surface area contributed by atoms with Crippen LogP contribution in [0.4, 0.5) is 0 Å². The van der Waals surface area contributed by atoms with Gasteiger partial charge in [-0.2, -0.15) is 0 Å². The highest BCUT2D eigenvalue weighted by Gasteiger charge is 2.22. The van der Waals surface area contributed by atoms with Gasteiger partial charge in [0.2, 0.25) is 0 Å². The Labute approximate surface area is 105 Å². The largest absolute Gasteiger partial charge is 0.466 e. The maximum Gasteiger partial charge on any atom is 0.307 e. The van der Waals surface area contributed by atoms with E-state index in [1.807, 2.05) is 6.92 Å². The fraction of sp³-hybridized carbons (Fsp3) is 0.929. The molecule has 0 aromatic heterocycles. The summed E-state index contributed by atoms with van der Waals surface area (Å²) >= 11 is 0. The van der Waals surface area contributed by atoms with Crippen molar-refractivity contribution < 1.29 is 9.53 Å². The first-order valence-corrected chi connectivity index (χ1v) is 7.18. The molecule has 0 bridgehead atoms. The van der Waals surface area contributed by atoms with Crippen LogP contribution in [0.25, 0.3) is 0 Å². The summed E-state index contributed by atoms with van der Waals surface area (Å²) in [5, 5.41) is 3.60. The maximum atomic E-state index is 11.4. The van der Waals surface area contributed by atoms with E-state index in [1.54, 1.807) is 0 Å². The predicted molar refractivity (Wildman–Crippen MR) is 70.0 cm³/mol. The van der Waals surface area contributed by atoms with Crippen LogP contribution in [0.5, 0.6) is 0 Å². The minimum Gasteiger partial charge on any atom is -0.466 e. The summed E-state index contributed by atoms with van der Waals surface area (Å²) in [7, 11) is 0. The molecule has 1 heterocycles. The molecule has 1 aliphatic rings. The summed E-state index contributed by atoms with van der Waals surface area (Å²) in [5.41, 5.74) is 0. The lowest BCUT2D eigenvalue weighted by atomic mass is 9.93. The van der Waals surface area contributed by atoms with Crippen molar-refractivity contribution in [2.75, 3.05) is 6.61 Å². The minimum absolute atomic E-state index is 0.0563. The molecule has 1 saturated heterocycles. The lowest BCUT2D eigenvalue weighted by molar-refractivity contribution is -0.143. The summed E-state index contributed by atoms with van der Waals surface area (Å²) in [5.74, 6) is -0.0563. The Bertz CT molecular complexity index is 218. The molecule has 0 saturated carbocycles. The Morgan fingerprint density at radius 1 is 1.24 bits per heavy atom. The molecule has 0 aromatic rings. The van der Waals surface area contributed by atoms with Crippen LogP contribution >= 0.6 is 0 Å². The Balaban J connectivity index is 2.21. The first kappa shape index (κ1) is 14.5. The Hall–Kier alpha value is -0.570. The van der Waals surface area contributed by atoms with Crippen molar-refractivity contribution >= 4 is 5.97 Å². The van der Waals surface area contributed by atoms with Crippen molar-refractivity contribution in [3.05, 3.63) is 0 Å². The van der Waals surface area contributed by atoms with Gasteiger partial charge >= 0.3 is 5.97 Å². The zero-order valence-electron chi connectivity index (χ0n) is 11.3. The van der Waals surface area contributed by atoms with Crippen LogP contribution in [0, 0.1) is 0 Å². The molecule has 0 unspecified atom stereocenters. The van der Waals surface area contributed by atoms with Crippen LogP contribution < -0.4 is 5.32 Å². The average molecular weight is 241 g/mol. The quantitative estimate of drug-likeness (QED) is 0.550. The van der Waals surface area contributed by atoms with Gasteiger partial charge in [0.1, 0.15) is 0 Å². The van der Waals surface area contributed by atoms with Gasteiger partial charge in [-0.1, -0.05) is 32.6 Å². The van der Waals surface area contributed by atoms with Crippen molar-refractivity contribution in [1.29, 1.82) is 0 Å². The van der Waals surface area contributed by atoms with E-state index in [2.05, 4.69) is 12.2 Å². The highest BCUT2D eigenvalue weighted by Crippen LogP contribution is 2.19. The van der Waals surface area contributed by atoms with E-state index in [1.165, 1.54) is 38.5 Å². The van der Waals surface area contributed by atoms with Crippen molar-refractivity contribution in [2.24, 2.45) is 0 Å². The SMILES string of the molecule is CCCCC[C@H]1CCC[C@@H](CC(=O)OCC)N1. The smallest absolute Gasteiger partial charge is 0.307 e. The first-order chi connectivity index (χ1) is 8.26. The second kappa shape index (κ2) is 8.51. The number of esters is 1. The number of piperidine rings is 1. The summed E-state index contributed by atoms with van der Waals surface area (Å²) in [4.78, 5) is 11.4. The van der Waals surface area contributed by atoms with Crippen molar-refractivity contribution in [1.82, 2.24) is 5.32 Å². The molecule has 17 heavy (non-hydrogen) atoms. The van der Waals surface area contributed by atoms with Gasteiger partial charge in [0, 0.05) is 12.1 Å². The molecule has 1 rings (SSSR count). The van der Waals surface area contributed by atoms with E-state index in [0.29, 0.717) is 25.1 Å². The van der Waals surface area contributed by atoms with Crippen LogP contribution in [-0.2, 0) is 9.53 Å². The van der Waals surface area contributed by atoms with Crippen LogP contribution in [0.3, 0.4) is 0 Å². The fourth-order valence-electron chi connectivity index (χ4n) is 2.56. The molecular formula is C14H27NO2. The van der Waals surface area contributed by atoms with Gasteiger partial charge < -0.3 is 10.1 Å².